The third-order valence-corrected chi connectivity index (χ3v) is 2.77. The highest BCUT2D eigenvalue weighted by Crippen LogP contribution is 2.23. The Labute approximate surface area is 108 Å². The fourth-order valence-electron chi connectivity index (χ4n) is 1.73. The fourth-order valence-corrected chi connectivity index (χ4v) is 1.73. The molecule has 0 radical (unpaired) electrons. The maximum Gasteiger partial charge on any atom is 0.251 e. The van der Waals surface area contributed by atoms with E-state index in [0.29, 0.717) is 17.9 Å². The number of nitrogen functional groups attached to an aromatic ring is 1. The van der Waals surface area contributed by atoms with Gasteiger partial charge < -0.3 is 20.7 Å². The van der Waals surface area contributed by atoms with Crippen LogP contribution < -0.4 is 16.0 Å². The zero-order valence-electron chi connectivity index (χ0n) is 11.2. The van der Waals surface area contributed by atoms with Crippen molar-refractivity contribution in [1.82, 2.24) is 5.32 Å². The first-order valence-electron chi connectivity index (χ1n) is 5.91. The van der Waals surface area contributed by atoms with Gasteiger partial charge in [-0.25, -0.2) is 0 Å². The molecule has 1 amide bonds. The van der Waals surface area contributed by atoms with Gasteiger partial charge in [-0.15, -0.1) is 0 Å². The average Bonchev–Trinajstić information content (AvgIpc) is 2.38. The molecule has 0 atom stereocenters. The first-order chi connectivity index (χ1) is 8.60. The SMILES string of the molecule is CNC(=O)c1ccc(N)c(N(C)CCCOC)c1. The molecular formula is C13H21N3O2. The van der Waals surface area contributed by atoms with Gasteiger partial charge in [0.15, 0.2) is 0 Å². The third-order valence-electron chi connectivity index (χ3n) is 2.77. The van der Waals surface area contributed by atoms with Crippen LogP contribution in [0.25, 0.3) is 0 Å². The van der Waals surface area contributed by atoms with Gasteiger partial charge in [-0.1, -0.05) is 0 Å². The minimum absolute atomic E-state index is 0.110. The van der Waals surface area contributed by atoms with Gasteiger partial charge in [0.25, 0.3) is 5.91 Å². The number of methoxy groups -OCH3 is 1. The number of nitrogens with two attached hydrogens (primary N) is 1. The van der Waals surface area contributed by atoms with E-state index in [1.165, 1.54) is 0 Å². The number of carbonyl (C=O) groups excluding carboxylic acids is 1. The van der Waals surface area contributed by atoms with E-state index in [4.69, 9.17) is 10.5 Å². The Morgan fingerprint density at radius 2 is 2.22 bits per heavy atom. The average molecular weight is 251 g/mol. The van der Waals surface area contributed by atoms with Crippen LogP contribution in [0.15, 0.2) is 18.2 Å². The second-order valence-electron chi connectivity index (χ2n) is 4.12. The number of amides is 1. The summed E-state index contributed by atoms with van der Waals surface area (Å²) in [7, 11) is 5.25. The number of nitrogens with zero attached hydrogens (tertiary/aromatic N) is 1. The number of rotatable bonds is 6. The summed E-state index contributed by atoms with van der Waals surface area (Å²) in [5, 5.41) is 2.60. The topological polar surface area (TPSA) is 67.6 Å². The lowest BCUT2D eigenvalue weighted by atomic mass is 10.1. The van der Waals surface area contributed by atoms with Crippen LogP contribution >= 0.6 is 0 Å². The summed E-state index contributed by atoms with van der Waals surface area (Å²) in [4.78, 5) is 13.6. The van der Waals surface area contributed by atoms with Crippen molar-refractivity contribution in [2.45, 2.75) is 6.42 Å². The van der Waals surface area contributed by atoms with Gasteiger partial charge >= 0.3 is 0 Å². The molecule has 5 nitrogen and oxygen atoms in total. The summed E-state index contributed by atoms with van der Waals surface area (Å²) < 4.78 is 5.02. The van der Waals surface area contributed by atoms with Gasteiger partial charge in [0, 0.05) is 39.9 Å². The number of anilines is 2. The molecule has 0 heterocycles. The summed E-state index contributed by atoms with van der Waals surface area (Å²) in [5.41, 5.74) is 8.08. The lowest BCUT2D eigenvalue weighted by Crippen LogP contribution is -2.23. The molecule has 0 aromatic heterocycles. The van der Waals surface area contributed by atoms with Crippen molar-refractivity contribution < 1.29 is 9.53 Å². The molecule has 100 valence electrons. The lowest BCUT2D eigenvalue weighted by molar-refractivity contribution is 0.0963. The summed E-state index contributed by atoms with van der Waals surface area (Å²) >= 11 is 0. The number of carbonyl (C=O) groups is 1. The minimum Gasteiger partial charge on any atom is -0.397 e. The first kappa shape index (κ1) is 14.3. The zero-order chi connectivity index (χ0) is 13.5. The van der Waals surface area contributed by atoms with E-state index in [1.807, 2.05) is 11.9 Å². The molecule has 1 aromatic carbocycles. The highest BCUT2D eigenvalue weighted by Gasteiger charge is 2.09. The zero-order valence-corrected chi connectivity index (χ0v) is 11.2. The fraction of sp³-hybridized carbons (Fsp3) is 0.462. The summed E-state index contributed by atoms with van der Waals surface area (Å²) in [6, 6.07) is 5.29. The van der Waals surface area contributed by atoms with E-state index >= 15 is 0 Å². The molecule has 0 fully saturated rings. The minimum atomic E-state index is -0.110. The molecule has 0 aliphatic rings. The van der Waals surface area contributed by atoms with Crippen molar-refractivity contribution in [3.63, 3.8) is 0 Å². The number of nitrogens with one attached hydrogen (secondary N) is 1. The van der Waals surface area contributed by atoms with Gasteiger partial charge in [0.2, 0.25) is 0 Å². The van der Waals surface area contributed by atoms with Crippen LogP contribution in [0.1, 0.15) is 16.8 Å². The van der Waals surface area contributed by atoms with Gasteiger partial charge in [0.1, 0.15) is 0 Å². The van der Waals surface area contributed by atoms with Crippen LogP contribution in [-0.2, 0) is 4.74 Å². The van der Waals surface area contributed by atoms with E-state index in [-0.39, 0.29) is 5.91 Å². The summed E-state index contributed by atoms with van der Waals surface area (Å²) in [6.45, 7) is 1.54. The van der Waals surface area contributed by atoms with Crippen LogP contribution in [-0.4, -0.2) is 40.3 Å². The van der Waals surface area contributed by atoms with Crippen LogP contribution in [0.2, 0.25) is 0 Å². The normalized spacial score (nSPS) is 10.2. The van der Waals surface area contributed by atoms with Gasteiger partial charge in [-0.05, 0) is 24.6 Å². The molecular weight excluding hydrogens is 230 g/mol. The van der Waals surface area contributed by atoms with Gasteiger partial charge in [-0.2, -0.15) is 0 Å². The van der Waals surface area contributed by atoms with Crippen molar-refractivity contribution in [1.29, 1.82) is 0 Å². The molecule has 1 rings (SSSR count). The highest BCUT2D eigenvalue weighted by atomic mass is 16.5. The summed E-state index contributed by atoms with van der Waals surface area (Å²) in [5.74, 6) is -0.110. The quantitative estimate of drug-likeness (QED) is 0.587. The molecule has 0 spiro atoms. The van der Waals surface area contributed by atoms with E-state index in [9.17, 15) is 4.79 Å². The van der Waals surface area contributed by atoms with Crippen LogP contribution in [0.4, 0.5) is 11.4 Å². The highest BCUT2D eigenvalue weighted by molar-refractivity contribution is 5.96. The number of ether oxygens (including phenoxy) is 1. The van der Waals surface area contributed by atoms with Gasteiger partial charge in [0.05, 0.1) is 11.4 Å². The second-order valence-corrected chi connectivity index (χ2v) is 4.12. The van der Waals surface area contributed by atoms with Crippen molar-refractivity contribution in [3.8, 4) is 0 Å². The molecule has 0 aliphatic heterocycles. The van der Waals surface area contributed by atoms with Crippen molar-refractivity contribution in [3.05, 3.63) is 23.8 Å². The molecule has 1 aromatic rings. The van der Waals surface area contributed by atoms with E-state index in [0.717, 1.165) is 18.7 Å². The van der Waals surface area contributed by atoms with E-state index in [1.54, 1.807) is 32.4 Å². The molecule has 0 aliphatic carbocycles. The molecule has 5 heteroatoms. The van der Waals surface area contributed by atoms with Crippen LogP contribution in [0, 0.1) is 0 Å². The second kappa shape index (κ2) is 6.86. The number of hydrogen-bond donors (Lipinski definition) is 2. The molecule has 0 bridgehead atoms. The van der Waals surface area contributed by atoms with Gasteiger partial charge in [-0.3, -0.25) is 4.79 Å². The maximum atomic E-state index is 11.6. The van der Waals surface area contributed by atoms with Crippen molar-refractivity contribution in [2.24, 2.45) is 0 Å². The Balaban J connectivity index is 2.82. The first-order valence-corrected chi connectivity index (χ1v) is 5.91. The third kappa shape index (κ3) is 3.63. The predicted molar refractivity (Wildman–Crippen MR) is 74.0 cm³/mol. The Hall–Kier alpha value is -1.75. The van der Waals surface area contributed by atoms with E-state index < -0.39 is 0 Å². The molecule has 0 saturated carbocycles. The van der Waals surface area contributed by atoms with Crippen LogP contribution in [0.5, 0.6) is 0 Å². The Kier molecular flexibility index (Phi) is 5.45. The lowest BCUT2D eigenvalue weighted by Gasteiger charge is -2.21. The Bertz CT molecular complexity index is 407. The monoisotopic (exact) mass is 251 g/mol. The molecule has 3 N–H and O–H groups in total. The largest absolute Gasteiger partial charge is 0.397 e. The Morgan fingerprint density at radius 3 is 2.83 bits per heavy atom. The molecule has 0 saturated heterocycles. The molecule has 18 heavy (non-hydrogen) atoms. The van der Waals surface area contributed by atoms with Crippen LogP contribution in [0.3, 0.4) is 0 Å². The maximum absolute atomic E-state index is 11.6. The summed E-state index contributed by atoms with van der Waals surface area (Å²) in [6.07, 6.45) is 0.913. The van der Waals surface area contributed by atoms with E-state index in [2.05, 4.69) is 5.32 Å². The Morgan fingerprint density at radius 1 is 1.50 bits per heavy atom. The van der Waals surface area contributed by atoms with Crippen molar-refractivity contribution >= 4 is 17.3 Å². The molecule has 0 unspecified atom stereocenters. The number of benzene rings is 1. The number of hydrogen-bond acceptors (Lipinski definition) is 4. The predicted octanol–water partition coefficient (Wildman–Crippen LogP) is 1.10. The standard InChI is InChI=1S/C13H21N3O2/c1-15-13(17)10-5-6-11(14)12(9-10)16(2)7-4-8-18-3/h5-6,9H,4,7-8,14H2,1-3H3,(H,15,17). The van der Waals surface area contributed by atoms with Crippen molar-refractivity contribution in [2.75, 3.05) is 45.0 Å². The smallest absolute Gasteiger partial charge is 0.251 e.